The molecule has 0 unspecified atom stereocenters. The van der Waals surface area contributed by atoms with E-state index < -0.39 is 15.9 Å². The summed E-state index contributed by atoms with van der Waals surface area (Å²) in [5.74, 6) is -1.13. The molecule has 3 aromatic rings. The molecule has 0 atom stereocenters. The van der Waals surface area contributed by atoms with Crippen LogP contribution in [0, 0.1) is 0 Å². The number of nitrogens with zero attached hydrogens (tertiary/aromatic N) is 8. The zero-order chi connectivity index (χ0) is 21.2. The van der Waals surface area contributed by atoms with Gasteiger partial charge in [-0.25, -0.2) is 8.42 Å². The number of hydrazine groups is 1. The smallest absolute Gasteiger partial charge is 0.304 e. The highest BCUT2D eigenvalue weighted by molar-refractivity contribution is 7.89. The molecule has 0 saturated carbocycles. The van der Waals surface area contributed by atoms with Crippen LogP contribution in [0.3, 0.4) is 0 Å². The van der Waals surface area contributed by atoms with Gasteiger partial charge in [0.25, 0.3) is 10.0 Å². The Labute approximate surface area is 164 Å². The summed E-state index contributed by atoms with van der Waals surface area (Å²) in [4.78, 5) is 23.1. The van der Waals surface area contributed by atoms with Crippen LogP contribution < -0.4 is 19.7 Å². The van der Waals surface area contributed by atoms with Crippen molar-refractivity contribution in [2.45, 2.75) is 5.03 Å². The molecule has 0 radical (unpaired) electrons. The number of rotatable bonds is 7. The minimum atomic E-state index is -4.27. The lowest BCUT2D eigenvalue weighted by molar-refractivity contribution is 0.0932. The van der Waals surface area contributed by atoms with Crippen LogP contribution in [0.15, 0.2) is 17.3 Å². The Morgan fingerprint density at radius 2 is 1.79 bits per heavy atom. The van der Waals surface area contributed by atoms with Gasteiger partial charge in [0, 0.05) is 7.05 Å². The molecule has 1 amide bonds. The number of nitrogens with one attached hydrogen (secondary N) is 2. The Hall–Kier alpha value is -3.66. The number of carbonyl (C=O) groups is 1. The van der Waals surface area contributed by atoms with Crippen LogP contribution in [0.4, 0.5) is 0 Å². The standard InChI is InChI=1S/C13H16N10O5S/c1-22-13(7(6-14-22)10-17-20-23(2)19-10)29(25,26)21-18-12(24)11-15-8(27-3)5-9(16-11)28-4/h5-6,21H,1-4H3,(H,18,24). The van der Waals surface area contributed by atoms with Crippen molar-refractivity contribution < 1.29 is 22.7 Å². The van der Waals surface area contributed by atoms with E-state index in [1.165, 1.54) is 45.4 Å². The molecule has 3 rings (SSSR count). The number of ether oxygens (including phenoxy) is 2. The fraction of sp³-hybridized carbons (Fsp3) is 0.308. The van der Waals surface area contributed by atoms with Crippen LogP contribution in [-0.4, -0.2) is 68.5 Å². The zero-order valence-corrected chi connectivity index (χ0v) is 16.5. The third-order valence-corrected chi connectivity index (χ3v) is 4.85. The summed E-state index contributed by atoms with van der Waals surface area (Å²) in [7, 11) is 1.36. The highest BCUT2D eigenvalue weighted by Gasteiger charge is 2.27. The molecular formula is C13H16N10O5S. The molecule has 154 valence electrons. The molecule has 0 fully saturated rings. The molecule has 3 heterocycles. The number of sulfonamides is 1. The van der Waals surface area contributed by atoms with E-state index in [2.05, 4.69) is 30.5 Å². The Balaban J connectivity index is 1.84. The fourth-order valence-corrected chi connectivity index (χ4v) is 3.37. The summed E-state index contributed by atoms with van der Waals surface area (Å²) in [6.45, 7) is 0. The normalized spacial score (nSPS) is 11.3. The maximum atomic E-state index is 12.7. The first-order valence-electron chi connectivity index (χ1n) is 7.80. The summed E-state index contributed by atoms with van der Waals surface area (Å²) < 4.78 is 36.5. The number of hydrogen-bond acceptors (Lipinski definition) is 11. The van der Waals surface area contributed by atoms with Crippen molar-refractivity contribution in [2.75, 3.05) is 14.2 Å². The Morgan fingerprint density at radius 1 is 1.14 bits per heavy atom. The van der Waals surface area contributed by atoms with Gasteiger partial charge < -0.3 is 9.47 Å². The highest BCUT2D eigenvalue weighted by Crippen LogP contribution is 2.22. The first-order chi connectivity index (χ1) is 13.7. The molecule has 2 N–H and O–H groups in total. The number of aromatic nitrogens is 8. The molecular weight excluding hydrogens is 408 g/mol. The van der Waals surface area contributed by atoms with E-state index in [1.54, 1.807) is 0 Å². The summed E-state index contributed by atoms with van der Waals surface area (Å²) in [5.41, 5.74) is 2.12. The molecule has 0 aromatic carbocycles. The number of tetrazole rings is 1. The Kier molecular flexibility index (Phi) is 5.37. The average Bonchev–Trinajstić information content (AvgIpc) is 3.31. The van der Waals surface area contributed by atoms with Crippen LogP contribution in [0.1, 0.15) is 10.6 Å². The van der Waals surface area contributed by atoms with E-state index in [-0.39, 0.29) is 34.0 Å². The SMILES string of the molecule is COc1cc(OC)nc(C(=O)NNS(=O)(=O)c2c(-c3nnn(C)n3)cnn2C)n1. The van der Waals surface area contributed by atoms with Gasteiger partial charge in [-0.1, -0.05) is 0 Å². The topological polar surface area (TPSA) is 181 Å². The summed E-state index contributed by atoms with van der Waals surface area (Å²) in [5, 5.41) is 15.0. The van der Waals surface area contributed by atoms with Gasteiger partial charge in [-0.05, 0) is 5.21 Å². The molecule has 16 heteroatoms. The third kappa shape index (κ3) is 4.11. The number of hydrogen-bond donors (Lipinski definition) is 2. The lowest BCUT2D eigenvalue weighted by Gasteiger charge is -2.10. The summed E-state index contributed by atoms with van der Waals surface area (Å²) in [6, 6.07) is 1.36. The number of amides is 1. The lowest BCUT2D eigenvalue weighted by Crippen LogP contribution is -2.43. The second kappa shape index (κ2) is 7.76. The number of carbonyl (C=O) groups excluding carboxylic acids is 1. The zero-order valence-electron chi connectivity index (χ0n) is 15.7. The van der Waals surface area contributed by atoms with Gasteiger partial charge in [0.2, 0.25) is 23.4 Å². The van der Waals surface area contributed by atoms with Crippen molar-refractivity contribution in [3.63, 3.8) is 0 Å². The molecule has 0 aliphatic heterocycles. The minimum Gasteiger partial charge on any atom is -0.481 e. The summed E-state index contributed by atoms with van der Waals surface area (Å²) >= 11 is 0. The largest absolute Gasteiger partial charge is 0.481 e. The molecule has 29 heavy (non-hydrogen) atoms. The van der Waals surface area contributed by atoms with Crippen molar-refractivity contribution in [1.82, 2.24) is 50.2 Å². The average molecular weight is 424 g/mol. The van der Waals surface area contributed by atoms with Gasteiger partial charge >= 0.3 is 5.91 Å². The molecule has 0 saturated heterocycles. The van der Waals surface area contributed by atoms with E-state index in [9.17, 15) is 13.2 Å². The van der Waals surface area contributed by atoms with E-state index >= 15 is 0 Å². The predicted octanol–water partition coefficient (Wildman–Crippen LogP) is -1.96. The molecule has 15 nitrogen and oxygen atoms in total. The highest BCUT2D eigenvalue weighted by atomic mass is 32.2. The maximum absolute atomic E-state index is 12.7. The molecule has 3 aromatic heterocycles. The van der Waals surface area contributed by atoms with Crippen molar-refractivity contribution in [2.24, 2.45) is 14.1 Å². The van der Waals surface area contributed by atoms with Crippen molar-refractivity contribution in [3.05, 3.63) is 18.1 Å². The van der Waals surface area contributed by atoms with Crippen LogP contribution in [0.2, 0.25) is 0 Å². The van der Waals surface area contributed by atoms with Gasteiger partial charge in [-0.2, -0.15) is 19.9 Å². The first-order valence-corrected chi connectivity index (χ1v) is 9.29. The van der Waals surface area contributed by atoms with Crippen molar-refractivity contribution in [1.29, 1.82) is 0 Å². The minimum absolute atomic E-state index is 0.0492. The quantitative estimate of drug-likeness (QED) is 0.402. The van der Waals surface area contributed by atoms with Crippen molar-refractivity contribution in [3.8, 4) is 23.1 Å². The summed E-state index contributed by atoms with van der Waals surface area (Å²) in [6.07, 6.45) is 1.27. The third-order valence-electron chi connectivity index (χ3n) is 3.49. The molecule has 0 aliphatic carbocycles. The monoisotopic (exact) mass is 424 g/mol. The first kappa shape index (κ1) is 20.1. The molecule has 0 aliphatic rings. The predicted molar refractivity (Wildman–Crippen MR) is 93.9 cm³/mol. The fourth-order valence-electron chi connectivity index (χ4n) is 2.22. The van der Waals surface area contributed by atoms with Gasteiger partial charge in [0.1, 0.15) is 0 Å². The van der Waals surface area contributed by atoms with E-state index in [4.69, 9.17) is 9.47 Å². The van der Waals surface area contributed by atoms with E-state index in [0.717, 1.165) is 4.68 Å². The van der Waals surface area contributed by atoms with Crippen LogP contribution in [-0.2, 0) is 24.1 Å². The lowest BCUT2D eigenvalue weighted by atomic mass is 10.3. The molecule has 0 bridgehead atoms. The van der Waals surface area contributed by atoms with Gasteiger partial charge in [0.15, 0.2) is 5.03 Å². The number of methoxy groups -OCH3 is 2. The maximum Gasteiger partial charge on any atom is 0.304 e. The van der Waals surface area contributed by atoms with E-state index in [0.29, 0.717) is 0 Å². The molecule has 0 spiro atoms. The van der Waals surface area contributed by atoms with Gasteiger partial charge in [-0.15, -0.1) is 15.0 Å². The van der Waals surface area contributed by atoms with Crippen LogP contribution in [0.5, 0.6) is 11.8 Å². The Bertz CT molecular complexity index is 1130. The van der Waals surface area contributed by atoms with Crippen LogP contribution >= 0.6 is 0 Å². The Morgan fingerprint density at radius 3 is 2.34 bits per heavy atom. The van der Waals surface area contributed by atoms with Gasteiger partial charge in [-0.3, -0.25) is 14.9 Å². The van der Waals surface area contributed by atoms with Crippen molar-refractivity contribution >= 4 is 15.9 Å². The number of aryl methyl sites for hydroxylation is 2. The van der Waals surface area contributed by atoms with Gasteiger partial charge in [0.05, 0.1) is 39.1 Å². The van der Waals surface area contributed by atoms with E-state index in [1.807, 2.05) is 10.3 Å². The second-order valence-corrected chi connectivity index (χ2v) is 7.02. The second-order valence-electron chi connectivity index (χ2n) is 5.43. The van der Waals surface area contributed by atoms with Crippen LogP contribution in [0.25, 0.3) is 11.4 Å².